The minimum absolute atomic E-state index is 0.369. The molecule has 2 aromatic carbocycles. The molecule has 26 heavy (non-hydrogen) atoms. The van der Waals surface area contributed by atoms with Crippen molar-refractivity contribution in [1.29, 1.82) is 5.26 Å². The van der Waals surface area contributed by atoms with Crippen molar-refractivity contribution in [2.45, 2.75) is 20.0 Å². The van der Waals surface area contributed by atoms with Crippen molar-refractivity contribution in [2.75, 3.05) is 11.9 Å². The van der Waals surface area contributed by atoms with E-state index in [4.69, 9.17) is 26.3 Å². The molecule has 0 aromatic heterocycles. The van der Waals surface area contributed by atoms with E-state index in [-0.39, 0.29) is 6.61 Å². The maximum Gasteiger partial charge on any atom is 0.344 e. The first-order valence-corrected chi connectivity index (χ1v) is 8.16. The van der Waals surface area contributed by atoms with Gasteiger partial charge < -0.3 is 14.8 Å². The lowest BCUT2D eigenvalue weighted by Crippen LogP contribution is -2.31. The number of benzene rings is 2. The van der Waals surface area contributed by atoms with E-state index in [1.165, 1.54) is 13.0 Å². The number of nitrogens with zero attached hydrogens (tertiary/aromatic N) is 1. The summed E-state index contributed by atoms with van der Waals surface area (Å²) in [6.45, 7) is 2.95. The number of hydrogen-bond donors (Lipinski definition) is 1. The molecule has 0 saturated carbocycles. The van der Waals surface area contributed by atoms with Crippen LogP contribution in [0, 0.1) is 18.3 Å². The summed E-state index contributed by atoms with van der Waals surface area (Å²) in [6, 6.07) is 13.6. The lowest BCUT2D eigenvalue weighted by atomic mass is 10.2. The van der Waals surface area contributed by atoms with E-state index in [1.807, 2.05) is 19.1 Å². The van der Waals surface area contributed by atoms with Crippen LogP contribution in [0.4, 0.5) is 5.69 Å². The van der Waals surface area contributed by atoms with E-state index >= 15 is 0 Å². The van der Waals surface area contributed by atoms with Crippen LogP contribution in [0.25, 0.3) is 0 Å². The molecule has 0 radical (unpaired) electrons. The van der Waals surface area contributed by atoms with Crippen LogP contribution >= 0.6 is 11.6 Å². The Bertz CT molecular complexity index is 861. The van der Waals surface area contributed by atoms with Gasteiger partial charge in [-0.25, -0.2) is 4.79 Å². The standard InChI is InChI=1S/C19H17ClN2O4/c1-12-6-7-16(20)17(8-12)25-11-18(23)26-13(2)19(24)22-15-5-3-4-14(9-15)10-21/h3-9,13H,11H2,1-2H3,(H,22,24). The lowest BCUT2D eigenvalue weighted by Gasteiger charge is -2.14. The molecule has 1 N–H and O–H groups in total. The highest BCUT2D eigenvalue weighted by Crippen LogP contribution is 2.25. The molecule has 2 rings (SSSR count). The monoisotopic (exact) mass is 372 g/mol. The molecule has 134 valence electrons. The predicted octanol–water partition coefficient (Wildman–Crippen LogP) is 3.47. The van der Waals surface area contributed by atoms with Gasteiger partial charge in [-0.05, 0) is 49.7 Å². The fourth-order valence-corrected chi connectivity index (χ4v) is 2.23. The first kappa shape index (κ1) is 19.3. The molecule has 0 heterocycles. The molecule has 7 heteroatoms. The van der Waals surface area contributed by atoms with Crippen LogP contribution in [-0.2, 0) is 14.3 Å². The van der Waals surface area contributed by atoms with E-state index in [0.717, 1.165) is 5.56 Å². The molecule has 0 spiro atoms. The largest absolute Gasteiger partial charge is 0.480 e. The molecule has 1 amide bonds. The molecule has 0 saturated heterocycles. The smallest absolute Gasteiger partial charge is 0.344 e. The Morgan fingerprint density at radius 3 is 2.77 bits per heavy atom. The molecule has 0 aliphatic heterocycles. The average Bonchev–Trinajstić information content (AvgIpc) is 2.62. The Labute approximate surface area is 156 Å². The molecule has 0 aliphatic carbocycles. The summed E-state index contributed by atoms with van der Waals surface area (Å²) >= 11 is 5.99. The number of rotatable bonds is 6. The van der Waals surface area contributed by atoms with Crippen molar-refractivity contribution in [1.82, 2.24) is 0 Å². The number of esters is 1. The van der Waals surface area contributed by atoms with Gasteiger partial charge in [0, 0.05) is 5.69 Å². The van der Waals surface area contributed by atoms with Gasteiger partial charge in [-0.15, -0.1) is 0 Å². The molecule has 0 bridgehead atoms. The quantitative estimate of drug-likeness (QED) is 0.784. The number of ether oxygens (including phenoxy) is 2. The number of carbonyl (C=O) groups excluding carboxylic acids is 2. The number of amides is 1. The van der Waals surface area contributed by atoms with E-state index < -0.39 is 18.0 Å². The van der Waals surface area contributed by atoms with Crippen molar-refractivity contribution >= 4 is 29.2 Å². The zero-order chi connectivity index (χ0) is 19.1. The van der Waals surface area contributed by atoms with Crippen LogP contribution < -0.4 is 10.1 Å². The molecule has 2 aromatic rings. The summed E-state index contributed by atoms with van der Waals surface area (Å²) < 4.78 is 10.4. The zero-order valence-electron chi connectivity index (χ0n) is 14.3. The molecule has 6 nitrogen and oxygen atoms in total. The Balaban J connectivity index is 1.86. The van der Waals surface area contributed by atoms with E-state index in [0.29, 0.717) is 22.0 Å². The second-order valence-corrected chi connectivity index (χ2v) is 5.94. The number of hydrogen-bond acceptors (Lipinski definition) is 5. The highest BCUT2D eigenvalue weighted by molar-refractivity contribution is 6.32. The number of halogens is 1. The highest BCUT2D eigenvalue weighted by Gasteiger charge is 2.18. The van der Waals surface area contributed by atoms with Gasteiger partial charge in [-0.2, -0.15) is 5.26 Å². The van der Waals surface area contributed by atoms with Gasteiger partial charge in [-0.1, -0.05) is 23.7 Å². The summed E-state index contributed by atoms with van der Waals surface area (Å²) in [5.74, 6) is -0.841. The van der Waals surface area contributed by atoms with E-state index in [1.54, 1.807) is 30.3 Å². The topological polar surface area (TPSA) is 88.4 Å². The maximum atomic E-state index is 12.1. The number of nitrogens with one attached hydrogen (secondary N) is 1. The minimum Gasteiger partial charge on any atom is -0.480 e. The number of aryl methyl sites for hydroxylation is 1. The number of anilines is 1. The predicted molar refractivity (Wildman–Crippen MR) is 97.0 cm³/mol. The normalized spacial score (nSPS) is 11.2. The summed E-state index contributed by atoms with van der Waals surface area (Å²) in [5.41, 5.74) is 1.79. The van der Waals surface area contributed by atoms with Gasteiger partial charge >= 0.3 is 5.97 Å². The Hall–Kier alpha value is -3.04. The molecule has 0 fully saturated rings. The van der Waals surface area contributed by atoms with Crippen molar-refractivity contribution < 1.29 is 19.1 Å². The van der Waals surface area contributed by atoms with Gasteiger partial charge in [0.15, 0.2) is 12.7 Å². The van der Waals surface area contributed by atoms with Gasteiger partial charge in [0.1, 0.15) is 5.75 Å². The SMILES string of the molecule is Cc1ccc(Cl)c(OCC(=O)OC(C)C(=O)Nc2cccc(C#N)c2)c1. The fourth-order valence-electron chi connectivity index (χ4n) is 2.05. The van der Waals surface area contributed by atoms with Crippen molar-refractivity contribution in [2.24, 2.45) is 0 Å². The minimum atomic E-state index is -1.02. The Kier molecular flexibility index (Phi) is 6.59. The molecule has 1 atom stereocenters. The van der Waals surface area contributed by atoms with Crippen molar-refractivity contribution in [3.05, 3.63) is 58.6 Å². The van der Waals surface area contributed by atoms with Crippen LogP contribution in [0.2, 0.25) is 5.02 Å². The van der Waals surface area contributed by atoms with Crippen molar-refractivity contribution in [3.63, 3.8) is 0 Å². The first-order chi connectivity index (χ1) is 12.4. The van der Waals surface area contributed by atoms with Crippen LogP contribution in [0.15, 0.2) is 42.5 Å². The molecule has 0 aliphatic rings. The Morgan fingerprint density at radius 1 is 1.27 bits per heavy atom. The van der Waals surface area contributed by atoms with E-state index in [9.17, 15) is 9.59 Å². The first-order valence-electron chi connectivity index (χ1n) is 7.78. The van der Waals surface area contributed by atoms with Crippen LogP contribution in [0.5, 0.6) is 5.75 Å². The lowest BCUT2D eigenvalue weighted by molar-refractivity contribution is -0.155. The van der Waals surface area contributed by atoms with Gasteiger partial charge in [0.05, 0.1) is 16.7 Å². The van der Waals surface area contributed by atoms with Gasteiger partial charge in [-0.3, -0.25) is 4.79 Å². The molecular formula is C19H17ClN2O4. The zero-order valence-corrected chi connectivity index (χ0v) is 15.0. The third-order valence-corrected chi connectivity index (χ3v) is 3.68. The van der Waals surface area contributed by atoms with E-state index in [2.05, 4.69) is 5.32 Å². The second-order valence-electron chi connectivity index (χ2n) is 5.54. The van der Waals surface area contributed by atoms with Gasteiger partial charge in [0.2, 0.25) is 0 Å². The number of nitriles is 1. The third kappa shape index (κ3) is 5.50. The summed E-state index contributed by atoms with van der Waals surface area (Å²) in [6.07, 6.45) is -1.02. The second kappa shape index (κ2) is 8.88. The summed E-state index contributed by atoms with van der Waals surface area (Å²) in [4.78, 5) is 24.0. The van der Waals surface area contributed by atoms with Crippen LogP contribution in [0.3, 0.4) is 0 Å². The Morgan fingerprint density at radius 2 is 2.04 bits per heavy atom. The summed E-state index contributed by atoms with van der Waals surface area (Å²) in [5, 5.41) is 11.8. The van der Waals surface area contributed by atoms with Gasteiger partial charge in [0.25, 0.3) is 5.91 Å². The number of carbonyl (C=O) groups is 2. The average molecular weight is 373 g/mol. The summed E-state index contributed by atoms with van der Waals surface area (Å²) in [7, 11) is 0. The van der Waals surface area contributed by atoms with Crippen molar-refractivity contribution in [3.8, 4) is 11.8 Å². The fraction of sp³-hybridized carbons (Fsp3) is 0.211. The molecular weight excluding hydrogens is 356 g/mol. The third-order valence-electron chi connectivity index (χ3n) is 3.37. The van der Waals surface area contributed by atoms with Crippen LogP contribution in [-0.4, -0.2) is 24.6 Å². The molecule has 1 unspecified atom stereocenters. The maximum absolute atomic E-state index is 12.1. The highest BCUT2D eigenvalue weighted by atomic mass is 35.5. The van der Waals surface area contributed by atoms with Crippen LogP contribution in [0.1, 0.15) is 18.1 Å².